The van der Waals surface area contributed by atoms with Gasteiger partial charge in [0.15, 0.2) is 11.3 Å². The van der Waals surface area contributed by atoms with Crippen molar-refractivity contribution in [3.63, 3.8) is 0 Å². The van der Waals surface area contributed by atoms with Crippen molar-refractivity contribution >= 4 is 47.3 Å². The van der Waals surface area contributed by atoms with Gasteiger partial charge >= 0.3 is 12.1 Å². The number of esters is 1. The first kappa shape index (κ1) is 53.7. The van der Waals surface area contributed by atoms with Crippen LogP contribution in [0, 0.1) is 5.41 Å². The Kier molecular flexibility index (Phi) is 16.9. The maximum atomic E-state index is 16.0. The maximum Gasteiger partial charge on any atom is 0.408 e. The van der Waals surface area contributed by atoms with Gasteiger partial charge in [-0.15, -0.1) is 23.5 Å². The standard InChI is InChI=1S/C61H69N3O6S2/c1-44(63-52(65)51(64-55(68)70-57(5,6)7)42-71-60(45-28-14-8-15-29-45,46-30-16-9-17-31-46)47-32-18-10-19-33-47)58(40-26-27-41-58)53(66)59(62,54(67)69-56(2,3)4)43-72-61(48-34-20-11-21-35-48,49-36-22-12-23-37-49)50-38-24-13-25-39-50/h8-25,28-39,44,51H,26-27,40-43,62H2,1-7H3,(H,63,65)(H,64,68)/t44?,51-,59+/m0/s1. The summed E-state index contributed by atoms with van der Waals surface area (Å²) in [5.74, 6) is -1.88. The fourth-order valence-electron chi connectivity index (χ4n) is 9.95. The fraction of sp³-hybridized carbons (Fsp3) is 0.344. The quantitative estimate of drug-likeness (QED) is 0.0411. The molecule has 6 aromatic rings. The number of nitrogens with two attached hydrogens (primary N) is 1. The highest BCUT2D eigenvalue weighted by atomic mass is 32.2. The topological polar surface area (TPSA) is 137 Å². The minimum Gasteiger partial charge on any atom is -0.458 e. The van der Waals surface area contributed by atoms with Crippen molar-refractivity contribution in [3.05, 3.63) is 215 Å². The second kappa shape index (κ2) is 22.7. The Morgan fingerprint density at radius 2 is 0.861 bits per heavy atom. The first-order valence-corrected chi connectivity index (χ1v) is 26.8. The van der Waals surface area contributed by atoms with Gasteiger partial charge in [-0.05, 0) is 94.7 Å². The molecule has 9 nitrogen and oxygen atoms in total. The van der Waals surface area contributed by atoms with E-state index < -0.39 is 67.5 Å². The maximum absolute atomic E-state index is 16.0. The van der Waals surface area contributed by atoms with Crippen molar-refractivity contribution in [1.29, 1.82) is 0 Å². The molecule has 6 aromatic carbocycles. The number of ketones is 1. The van der Waals surface area contributed by atoms with E-state index in [9.17, 15) is 9.59 Å². The largest absolute Gasteiger partial charge is 0.458 e. The van der Waals surface area contributed by atoms with E-state index in [0.29, 0.717) is 25.7 Å². The number of amides is 2. The molecule has 0 heterocycles. The zero-order valence-electron chi connectivity index (χ0n) is 42.6. The van der Waals surface area contributed by atoms with Gasteiger partial charge in [-0.1, -0.05) is 195 Å². The van der Waals surface area contributed by atoms with E-state index >= 15 is 9.59 Å². The molecule has 0 radical (unpaired) electrons. The van der Waals surface area contributed by atoms with Crippen LogP contribution in [0.3, 0.4) is 0 Å². The van der Waals surface area contributed by atoms with E-state index in [2.05, 4.69) is 83.4 Å². The molecule has 11 heteroatoms. The highest BCUT2D eigenvalue weighted by Crippen LogP contribution is 2.52. The van der Waals surface area contributed by atoms with Gasteiger partial charge in [0.1, 0.15) is 17.2 Å². The van der Waals surface area contributed by atoms with E-state index in [1.165, 1.54) is 23.5 Å². The van der Waals surface area contributed by atoms with Crippen LogP contribution in [0.25, 0.3) is 0 Å². The molecule has 0 bridgehead atoms. The number of rotatable bonds is 19. The predicted octanol–water partition coefficient (Wildman–Crippen LogP) is 12.0. The van der Waals surface area contributed by atoms with E-state index in [1.807, 2.05) is 116 Å². The highest BCUT2D eigenvalue weighted by Gasteiger charge is 2.58. The zero-order chi connectivity index (χ0) is 51.6. The molecule has 1 saturated carbocycles. The third-order valence-electron chi connectivity index (χ3n) is 13.4. The van der Waals surface area contributed by atoms with Crippen molar-refractivity contribution < 1.29 is 28.7 Å². The summed E-state index contributed by atoms with van der Waals surface area (Å²) < 4.78 is 10.2. The number of ether oxygens (including phenoxy) is 2. The van der Waals surface area contributed by atoms with Gasteiger partial charge in [-0.25, -0.2) is 9.59 Å². The Morgan fingerprint density at radius 3 is 1.19 bits per heavy atom. The Morgan fingerprint density at radius 1 is 0.528 bits per heavy atom. The monoisotopic (exact) mass is 1000 g/mol. The zero-order valence-corrected chi connectivity index (χ0v) is 44.2. The van der Waals surface area contributed by atoms with Crippen LogP contribution in [0.1, 0.15) is 108 Å². The third-order valence-corrected chi connectivity index (χ3v) is 16.8. The molecule has 1 unspecified atom stereocenters. The van der Waals surface area contributed by atoms with Crippen LogP contribution in [-0.4, -0.2) is 64.1 Å². The van der Waals surface area contributed by atoms with Crippen LogP contribution >= 0.6 is 23.5 Å². The van der Waals surface area contributed by atoms with Gasteiger partial charge in [0, 0.05) is 17.5 Å². The van der Waals surface area contributed by atoms with Crippen LogP contribution in [0.4, 0.5) is 4.79 Å². The molecule has 1 aliphatic rings. The average molecular weight is 1000 g/mol. The van der Waals surface area contributed by atoms with Gasteiger partial charge in [-0.3, -0.25) is 9.59 Å². The lowest BCUT2D eigenvalue weighted by Gasteiger charge is -2.43. The van der Waals surface area contributed by atoms with E-state index in [-0.39, 0.29) is 11.5 Å². The molecular formula is C61H69N3O6S2. The molecule has 4 N–H and O–H groups in total. The number of hydrogen-bond donors (Lipinski definition) is 3. The minimum atomic E-state index is -2.17. The van der Waals surface area contributed by atoms with Gasteiger partial charge < -0.3 is 25.8 Å². The first-order valence-electron chi connectivity index (χ1n) is 24.8. The summed E-state index contributed by atoms with van der Waals surface area (Å²) in [6.45, 7) is 12.4. The molecular weight excluding hydrogens is 935 g/mol. The number of hydrogen-bond acceptors (Lipinski definition) is 9. The van der Waals surface area contributed by atoms with Crippen LogP contribution in [0.2, 0.25) is 0 Å². The Balaban J connectivity index is 1.27. The van der Waals surface area contributed by atoms with Crippen LogP contribution < -0.4 is 16.4 Å². The number of thioether (sulfide) groups is 2. The number of carbonyl (C=O) groups excluding carboxylic acids is 4. The average Bonchev–Trinajstić information content (AvgIpc) is 3.89. The highest BCUT2D eigenvalue weighted by molar-refractivity contribution is 8.01. The second-order valence-electron chi connectivity index (χ2n) is 20.8. The molecule has 3 atom stereocenters. The van der Waals surface area contributed by atoms with Crippen molar-refractivity contribution in [2.75, 3.05) is 11.5 Å². The predicted molar refractivity (Wildman–Crippen MR) is 293 cm³/mol. The van der Waals surface area contributed by atoms with E-state index in [1.54, 1.807) is 41.5 Å². The van der Waals surface area contributed by atoms with Crippen LogP contribution in [0.5, 0.6) is 0 Å². The third kappa shape index (κ3) is 11.9. The fourth-order valence-corrected chi connectivity index (χ4v) is 13.1. The first-order chi connectivity index (χ1) is 34.3. The van der Waals surface area contributed by atoms with Gasteiger partial charge in [0.2, 0.25) is 5.91 Å². The van der Waals surface area contributed by atoms with Crippen LogP contribution in [-0.2, 0) is 33.4 Å². The molecule has 0 spiro atoms. The summed E-state index contributed by atoms with van der Waals surface area (Å²) in [5.41, 5.74) is 8.01. The SMILES string of the molecule is CC(NC(=O)[C@H](CSC(c1ccccc1)(c1ccccc1)c1ccccc1)NC(=O)OC(C)(C)C)C1(C(=O)[C@](N)(CSC(c2ccccc2)(c2ccccc2)c2ccccc2)C(=O)OC(C)(C)C)CCCC1. The van der Waals surface area contributed by atoms with Crippen molar-refractivity contribution in [3.8, 4) is 0 Å². The van der Waals surface area contributed by atoms with Crippen molar-refractivity contribution in [2.24, 2.45) is 11.1 Å². The summed E-state index contributed by atoms with van der Waals surface area (Å²) in [7, 11) is 0. The number of alkyl carbamates (subject to hydrolysis) is 1. The normalized spacial score (nSPS) is 15.6. The van der Waals surface area contributed by atoms with Gasteiger partial charge in [0.05, 0.1) is 14.9 Å². The van der Waals surface area contributed by atoms with Gasteiger partial charge in [0.25, 0.3) is 0 Å². The molecule has 0 aromatic heterocycles. The molecule has 72 heavy (non-hydrogen) atoms. The molecule has 1 fully saturated rings. The second-order valence-corrected chi connectivity index (χ2v) is 23.2. The lowest BCUT2D eigenvalue weighted by atomic mass is 9.69. The van der Waals surface area contributed by atoms with E-state index in [0.717, 1.165) is 33.4 Å². The number of nitrogens with one attached hydrogen (secondary N) is 2. The molecule has 376 valence electrons. The Labute approximate surface area is 434 Å². The summed E-state index contributed by atoms with van der Waals surface area (Å²) in [5, 5.41) is 6.13. The minimum absolute atomic E-state index is 0.105. The Hall–Kier alpha value is -6.14. The number of Topliss-reactive ketones (excluding diaryl/α,β-unsaturated/α-hetero) is 1. The van der Waals surface area contributed by atoms with Crippen molar-refractivity contribution in [2.45, 2.75) is 112 Å². The molecule has 1 aliphatic carbocycles. The molecule has 0 aliphatic heterocycles. The summed E-state index contributed by atoms with van der Waals surface area (Å²) in [4.78, 5) is 59.9. The van der Waals surface area contributed by atoms with E-state index in [4.69, 9.17) is 15.2 Å². The number of benzene rings is 6. The lowest BCUT2D eigenvalue weighted by Crippen LogP contribution is -2.67. The Bertz CT molecular complexity index is 2530. The number of carbonyl (C=O) groups is 4. The summed E-state index contributed by atoms with van der Waals surface area (Å²) in [6, 6.07) is 58.5. The molecule has 7 rings (SSSR count). The molecule has 0 saturated heterocycles. The summed E-state index contributed by atoms with van der Waals surface area (Å²) in [6.07, 6.45) is 1.34. The molecule has 2 amide bonds. The van der Waals surface area contributed by atoms with Crippen molar-refractivity contribution in [1.82, 2.24) is 10.6 Å². The van der Waals surface area contributed by atoms with Gasteiger partial charge in [-0.2, -0.15) is 0 Å². The summed E-state index contributed by atoms with van der Waals surface area (Å²) >= 11 is 2.95. The van der Waals surface area contributed by atoms with Crippen LogP contribution in [0.15, 0.2) is 182 Å². The lowest BCUT2D eigenvalue weighted by molar-refractivity contribution is -0.165. The smallest absolute Gasteiger partial charge is 0.408 e.